The van der Waals surface area contributed by atoms with Gasteiger partial charge in [-0.15, -0.1) is 12.4 Å². The first-order valence-electron chi connectivity index (χ1n) is 9.97. The Hall–Kier alpha value is -2.37. The molecule has 2 amide bonds. The van der Waals surface area contributed by atoms with Crippen molar-refractivity contribution >= 4 is 24.2 Å². The number of rotatable bonds is 7. The molecule has 29 heavy (non-hydrogen) atoms. The molecule has 1 aliphatic rings. The van der Waals surface area contributed by atoms with Gasteiger partial charge in [0.05, 0.1) is 0 Å². The molecule has 0 unspecified atom stereocenters. The molecule has 4 N–H and O–H groups in total. The average molecular weight is 416 g/mol. The minimum atomic E-state index is -0.118. The van der Waals surface area contributed by atoms with Gasteiger partial charge >= 0.3 is 0 Å². The van der Waals surface area contributed by atoms with Crippen molar-refractivity contribution in [1.82, 2.24) is 10.6 Å². The number of carbonyl (C=O) groups is 2. The van der Waals surface area contributed by atoms with Crippen LogP contribution < -0.4 is 16.4 Å². The number of nitrogens with two attached hydrogens (primary N) is 1. The van der Waals surface area contributed by atoms with Crippen LogP contribution in [0.5, 0.6) is 0 Å². The average Bonchev–Trinajstić information content (AvgIpc) is 3.20. The van der Waals surface area contributed by atoms with Gasteiger partial charge in [0.15, 0.2) is 0 Å². The zero-order valence-corrected chi connectivity index (χ0v) is 17.6. The fourth-order valence-corrected chi connectivity index (χ4v) is 3.80. The van der Waals surface area contributed by atoms with E-state index in [9.17, 15) is 9.59 Å². The maximum atomic E-state index is 12.5. The van der Waals surface area contributed by atoms with E-state index in [1.807, 2.05) is 49.4 Å². The van der Waals surface area contributed by atoms with Crippen LogP contribution in [0.15, 0.2) is 48.5 Å². The molecule has 6 heteroatoms. The van der Waals surface area contributed by atoms with Gasteiger partial charge in [-0.2, -0.15) is 0 Å². The predicted molar refractivity (Wildman–Crippen MR) is 118 cm³/mol. The number of benzene rings is 2. The summed E-state index contributed by atoms with van der Waals surface area (Å²) in [6.07, 6.45) is 3.01. The maximum Gasteiger partial charge on any atom is 0.251 e. The molecule has 0 bridgehead atoms. The van der Waals surface area contributed by atoms with Crippen LogP contribution in [0.1, 0.15) is 46.3 Å². The van der Waals surface area contributed by atoms with Crippen LogP contribution in [0, 0.1) is 18.8 Å². The molecule has 0 spiro atoms. The summed E-state index contributed by atoms with van der Waals surface area (Å²) in [4.78, 5) is 24.9. The van der Waals surface area contributed by atoms with E-state index in [4.69, 9.17) is 5.73 Å². The molecule has 0 heterocycles. The van der Waals surface area contributed by atoms with Crippen LogP contribution in [-0.4, -0.2) is 18.4 Å². The molecule has 0 radical (unpaired) electrons. The second-order valence-corrected chi connectivity index (χ2v) is 7.62. The molecule has 1 saturated carbocycles. The number of halogens is 1. The summed E-state index contributed by atoms with van der Waals surface area (Å²) in [6.45, 7) is 3.51. The normalized spacial score (nSPS) is 18.0. The Morgan fingerprint density at radius 2 is 1.72 bits per heavy atom. The van der Waals surface area contributed by atoms with Crippen molar-refractivity contribution in [3.05, 3.63) is 70.8 Å². The molecule has 1 fully saturated rings. The van der Waals surface area contributed by atoms with Crippen molar-refractivity contribution in [3.8, 4) is 0 Å². The van der Waals surface area contributed by atoms with Gasteiger partial charge in [0.2, 0.25) is 5.91 Å². The Kier molecular flexibility index (Phi) is 8.68. The van der Waals surface area contributed by atoms with E-state index in [-0.39, 0.29) is 30.1 Å². The number of aryl methyl sites for hydroxylation is 1. The van der Waals surface area contributed by atoms with E-state index < -0.39 is 0 Å². The fourth-order valence-electron chi connectivity index (χ4n) is 3.80. The molecule has 0 aliphatic heterocycles. The minimum absolute atomic E-state index is 0. The molecule has 156 valence electrons. The lowest BCUT2D eigenvalue weighted by molar-refractivity contribution is -0.126. The van der Waals surface area contributed by atoms with Crippen LogP contribution in [-0.2, 0) is 17.9 Å². The summed E-state index contributed by atoms with van der Waals surface area (Å²) < 4.78 is 0. The fraction of sp³-hybridized carbons (Fsp3) is 0.391. The Morgan fingerprint density at radius 3 is 2.45 bits per heavy atom. The van der Waals surface area contributed by atoms with Gasteiger partial charge < -0.3 is 16.4 Å². The van der Waals surface area contributed by atoms with Gasteiger partial charge in [-0.3, -0.25) is 9.59 Å². The highest BCUT2D eigenvalue weighted by molar-refractivity contribution is 5.94. The highest BCUT2D eigenvalue weighted by Crippen LogP contribution is 2.31. The highest BCUT2D eigenvalue weighted by atomic mass is 35.5. The van der Waals surface area contributed by atoms with Crippen LogP contribution in [0.25, 0.3) is 0 Å². The van der Waals surface area contributed by atoms with Crippen molar-refractivity contribution in [3.63, 3.8) is 0 Å². The summed E-state index contributed by atoms with van der Waals surface area (Å²) in [5.74, 6) is 0.264. The molecule has 3 rings (SSSR count). The third kappa shape index (κ3) is 6.31. The monoisotopic (exact) mass is 415 g/mol. The molecule has 2 aromatic rings. The standard InChI is InChI=1S/C23H29N3O2.ClH/c1-16-8-10-17(11-9-16)14-25-22(27)19-5-2-4-18(12-19)15-26-23(28)21-7-3-6-20(21)13-24;/h2,4-5,8-12,20-21H,3,6-7,13-15,24H2,1H3,(H,25,27)(H,26,28);1H/t20-,21-;/m1./s1. The van der Waals surface area contributed by atoms with Crippen LogP contribution in [0.2, 0.25) is 0 Å². The Balaban J connectivity index is 0.00000300. The van der Waals surface area contributed by atoms with Crippen LogP contribution in [0.3, 0.4) is 0 Å². The summed E-state index contributed by atoms with van der Waals surface area (Å²) in [6, 6.07) is 15.5. The second kappa shape index (κ2) is 11.0. The second-order valence-electron chi connectivity index (χ2n) is 7.62. The van der Waals surface area contributed by atoms with Crippen molar-refractivity contribution < 1.29 is 9.59 Å². The first kappa shape index (κ1) is 22.9. The lowest BCUT2D eigenvalue weighted by Gasteiger charge is -2.17. The van der Waals surface area contributed by atoms with E-state index in [1.165, 1.54) is 5.56 Å². The van der Waals surface area contributed by atoms with E-state index >= 15 is 0 Å². The van der Waals surface area contributed by atoms with E-state index in [2.05, 4.69) is 10.6 Å². The van der Waals surface area contributed by atoms with E-state index in [0.717, 1.165) is 30.4 Å². The van der Waals surface area contributed by atoms with Crippen molar-refractivity contribution in [2.24, 2.45) is 17.6 Å². The van der Waals surface area contributed by atoms with E-state index in [0.29, 0.717) is 31.1 Å². The van der Waals surface area contributed by atoms with Crippen molar-refractivity contribution in [1.29, 1.82) is 0 Å². The van der Waals surface area contributed by atoms with E-state index in [1.54, 1.807) is 6.07 Å². The van der Waals surface area contributed by atoms with Gasteiger partial charge in [-0.25, -0.2) is 0 Å². The number of carbonyl (C=O) groups excluding carboxylic acids is 2. The largest absolute Gasteiger partial charge is 0.352 e. The molecular weight excluding hydrogens is 386 g/mol. The maximum absolute atomic E-state index is 12.5. The number of hydrogen-bond acceptors (Lipinski definition) is 3. The van der Waals surface area contributed by atoms with Crippen LogP contribution >= 0.6 is 12.4 Å². The molecular formula is C23H30ClN3O2. The summed E-state index contributed by atoms with van der Waals surface area (Å²) in [5, 5.41) is 5.95. The van der Waals surface area contributed by atoms with Gasteiger partial charge in [-0.05, 0) is 55.5 Å². The van der Waals surface area contributed by atoms with Gasteiger partial charge in [0.1, 0.15) is 0 Å². The first-order chi connectivity index (χ1) is 13.6. The lowest BCUT2D eigenvalue weighted by atomic mass is 9.95. The van der Waals surface area contributed by atoms with Crippen molar-refractivity contribution in [2.75, 3.05) is 6.54 Å². The zero-order chi connectivity index (χ0) is 19.9. The molecule has 5 nitrogen and oxygen atoms in total. The predicted octanol–water partition coefficient (Wildman–Crippen LogP) is 3.34. The molecule has 0 saturated heterocycles. The lowest BCUT2D eigenvalue weighted by Crippen LogP contribution is -2.34. The molecule has 2 aromatic carbocycles. The topological polar surface area (TPSA) is 84.2 Å². The number of hydrogen-bond donors (Lipinski definition) is 3. The van der Waals surface area contributed by atoms with Gasteiger partial charge in [-0.1, -0.05) is 48.4 Å². The molecule has 0 aromatic heterocycles. The minimum Gasteiger partial charge on any atom is -0.352 e. The van der Waals surface area contributed by atoms with Gasteiger partial charge in [0.25, 0.3) is 5.91 Å². The highest BCUT2D eigenvalue weighted by Gasteiger charge is 2.31. The Morgan fingerprint density at radius 1 is 1.00 bits per heavy atom. The number of nitrogens with one attached hydrogen (secondary N) is 2. The third-order valence-electron chi connectivity index (χ3n) is 5.53. The SMILES string of the molecule is Cc1ccc(CNC(=O)c2cccc(CNC(=O)[C@@H]3CCC[C@@H]3CN)c2)cc1.Cl. The van der Waals surface area contributed by atoms with Crippen LogP contribution in [0.4, 0.5) is 0 Å². The summed E-state index contributed by atoms with van der Waals surface area (Å²) in [7, 11) is 0. The number of amides is 2. The smallest absolute Gasteiger partial charge is 0.251 e. The molecule has 1 aliphatic carbocycles. The summed E-state index contributed by atoms with van der Waals surface area (Å²) >= 11 is 0. The quantitative estimate of drug-likeness (QED) is 0.648. The Labute approximate surface area is 178 Å². The molecule has 2 atom stereocenters. The summed E-state index contributed by atoms with van der Waals surface area (Å²) in [5.41, 5.74) is 9.55. The first-order valence-corrected chi connectivity index (χ1v) is 9.97. The van der Waals surface area contributed by atoms with Crippen molar-refractivity contribution in [2.45, 2.75) is 39.3 Å². The van der Waals surface area contributed by atoms with Gasteiger partial charge in [0, 0.05) is 24.6 Å². The Bertz CT molecular complexity index is 823. The zero-order valence-electron chi connectivity index (χ0n) is 16.8. The third-order valence-corrected chi connectivity index (χ3v) is 5.53.